The van der Waals surface area contributed by atoms with Crippen LogP contribution in [0.2, 0.25) is 0 Å². The Labute approximate surface area is 247 Å². The summed E-state index contributed by atoms with van der Waals surface area (Å²) in [6.07, 6.45) is 5.99. The second kappa shape index (κ2) is 12.2. The molecule has 7 nitrogen and oxygen atoms in total. The van der Waals surface area contributed by atoms with E-state index in [0.717, 1.165) is 50.5 Å². The summed E-state index contributed by atoms with van der Waals surface area (Å²) in [7, 11) is 1.42. The summed E-state index contributed by atoms with van der Waals surface area (Å²) in [5.41, 5.74) is 4.78. The van der Waals surface area contributed by atoms with Gasteiger partial charge in [0.1, 0.15) is 10.8 Å². The van der Waals surface area contributed by atoms with Gasteiger partial charge in [-0.05, 0) is 103 Å². The quantitative estimate of drug-likeness (QED) is 0.222. The molecule has 1 aromatic heterocycles. The van der Waals surface area contributed by atoms with Gasteiger partial charge in [-0.15, -0.1) is 11.3 Å². The first-order valence-corrected chi connectivity index (χ1v) is 15.4. The van der Waals surface area contributed by atoms with Crippen LogP contribution in [-0.2, 0) is 16.0 Å². The number of carbonyl (C=O) groups is 2. The highest BCUT2D eigenvalue weighted by Gasteiger charge is 2.30. The maximum Gasteiger partial charge on any atom is 0.317 e. The fourth-order valence-electron chi connectivity index (χ4n) is 5.45. The fourth-order valence-corrected chi connectivity index (χ4v) is 7.06. The molecule has 9 heteroatoms. The number of nitrogens with zero attached hydrogens (tertiary/aromatic N) is 2. The number of rotatable bonds is 7. The van der Waals surface area contributed by atoms with E-state index in [-0.39, 0.29) is 30.1 Å². The molecule has 206 valence electrons. The summed E-state index contributed by atoms with van der Waals surface area (Å²) >= 11 is 4.01. The monoisotopic (exact) mass is 659 g/mol. The summed E-state index contributed by atoms with van der Waals surface area (Å²) in [6.45, 7) is 5.40. The number of piperidine rings is 1. The standard InChI is InChI=1S/C30H34IN3O4S/c1-18(2)38-26-10-7-20(16-24(26)31)29-32-17-27(39-29)23-6-4-5-22-21(23)8-9-25(22)33-30(36)34-13-11-19(12-14-34)15-28(35)37-3/h4-7,10,16-19,25H,8-9,11-15H2,1-3H3,(H,33,36)/t25-/m0/s1. The number of methoxy groups -OCH3 is 1. The van der Waals surface area contributed by atoms with Gasteiger partial charge in [0.15, 0.2) is 0 Å². The Kier molecular flexibility index (Phi) is 8.76. The number of halogens is 1. The number of aromatic nitrogens is 1. The third-order valence-electron chi connectivity index (χ3n) is 7.47. The molecule has 1 fully saturated rings. The Hall–Kier alpha value is -2.66. The van der Waals surface area contributed by atoms with E-state index in [1.165, 1.54) is 23.8 Å². The largest absolute Gasteiger partial charge is 0.490 e. The van der Waals surface area contributed by atoms with E-state index in [1.54, 1.807) is 11.3 Å². The highest BCUT2D eigenvalue weighted by atomic mass is 127. The van der Waals surface area contributed by atoms with Crippen LogP contribution in [0.4, 0.5) is 4.79 Å². The van der Waals surface area contributed by atoms with Crippen LogP contribution in [-0.4, -0.2) is 48.2 Å². The first kappa shape index (κ1) is 27.9. The molecule has 3 aromatic rings. The summed E-state index contributed by atoms with van der Waals surface area (Å²) in [4.78, 5) is 32.4. The van der Waals surface area contributed by atoms with Crippen molar-refractivity contribution in [1.82, 2.24) is 15.2 Å². The van der Waals surface area contributed by atoms with Crippen molar-refractivity contribution in [3.63, 3.8) is 0 Å². The zero-order valence-electron chi connectivity index (χ0n) is 22.5. The lowest BCUT2D eigenvalue weighted by molar-refractivity contribution is -0.142. The highest BCUT2D eigenvalue weighted by Crippen LogP contribution is 2.41. The number of carbonyl (C=O) groups excluding carboxylic acids is 2. The van der Waals surface area contributed by atoms with Gasteiger partial charge >= 0.3 is 12.0 Å². The average Bonchev–Trinajstić information content (AvgIpc) is 3.58. The normalized spacial score (nSPS) is 17.3. The summed E-state index contributed by atoms with van der Waals surface area (Å²) in [5.74, 6) is 1.01. The van der Waals surface area contributed by atoms with Gasteiger partial charge < -0.3 is 19.7 Å². The molecule has 39 heavy (non-hydrogen) atoms. The van der Waals surface area contributed by atoms with Gasteiger partial charge in [-0.25, -0.2) is 9.78 Å². The predicted molar refractivity (Wildman–Crippen MR) is 162 cm³/mol. The maximum absolute atomic E-state index is 13.1. The minimum absolute atomic E-state index is 0.00251. The number of nitrogens with one attached hydrogen (secondary N) is 1. The highest BCUT2D eigenvalue weighted by molar-refractivity contribution is 14.1. The molecule has 1 N–H and O–H groups in total. The van der Waals surface area contributed by atoms with Crippen LogP contribution in [0.3, 0.4) is 0 Å². The maximum atomic E-state index is 13.1. The van der Waals surface area contributed by atoms with Crippen LogP contribution in [0.25, 0.3) is 21.0 Å². The Morgan fingerprint density at radius 2 is 1.97 bits per heavy atom. The predicted octanol–water partition coefficient (Wildman–Crippen LogP) is 6.84. The molecule has 1 saturated heterocycles. The van der Waals surface area contributed by atoms with E-state index in [0.29, 0.717) is 19.5 Å². The molecule has 2 aromatic carbocycles. The molecule has 0 radical (unpaired) electrons. The van der Waals surface area contributed by atoms with E-state index in [1.807, 2.05) is 31.0 Å². The molecule has 5 rings (SSSR count). The van der Waals surface area contributed by atoms with Crippen molar-refractivity contribution in [2.45, 2.75) is 58.1 Å². The van der Waals surface area contributed by atoms with Crippen molar-refractivity contribution in [3.05, 3.63) is 57.3 Å². The Morgan fingerprint density at radius 1 is 1.18 bits per heavy atom. The third kappa shape index (κ3) is 6.40. The molecular formula is C30H34IN3O4S. The molecule has 0 bridgehead atoms. The molecule has 2 heterocycles. The van der Waals surface area contributed by atoms with Crippen molar-refractivity contribution < 1.29 is 19.1 Å². The first-order chi connectivity index (χ1) is 18.8. The van der Waals surface area contributed by atoms with E-state index in [4.69, 9.17) is 14.5 Å². The zero-order chi connectivity index (χ0) is 27.5. The molecule has 1 aliphatic carbocycles. The minimum atomic E-state index is -0.173. The van der Waals surface area contributed by atoms with Gasteiger partial charge in [0.2, 0.25) is 0 Å². The first-order valence-electron chi connectivity index (χ1n) is 13.5. The van der Waals surface area contributed by atoms with Crippen LogP contribution < -0.4 is 10.1 Å². The average molecular weight is 660 g/mol. The van der Waals surface area contributed by atoms with Crippen molar-refractivity contribution >= 4 is 45.9 Å². The zero-order valence-corrected chi connectivity index (χ0v) is 25.5. The molecule has 2 amide bonds. The van der Waals surface area contributed by atoms with Crippen molar-refractivity contribution in [2.75, 3.05) is 20.2 Å². The summed E-state index contributed by atoms with van der Waals surface area (Å²) < 4.78 is 11.8. The number of urea groups is 1. The fraction of sp³-hybridized carbons (Fsp3) is 0.433. The van der Waals surface area contributed by atoms with Crippen LogP contribution in [0, 0.1) is 9.49 Å². The minimum Gasteiger partial charge on any atom is -0.490 e. The summed E-state index contributed by atoms with van der Waals surface area (Å²) in [6, 6.07) is 12.6. The lowest BCUT2D eigenvalue weighted by Crippen LogP contribution is -2.45. The molecule has 2 aliphatic rings. The number of fused-ring (bicyclic) bond motifs is 1. The van der Waals surface area contributed by atoms with Gasteiger partial charge in [0.25, 0.3) is 0 Å². The van der Waals surface area contributed by atoms with Gasteiger partial charge in [-0.1, -0.05) is 18.2 Å². The van der Waals surface area contributed by atoms with Crippen molar-refractivity contribution in [3.8, 4) is 26.8 Å². The topological polar surface area (TPSA) is 80.8 Å². The Bertz CT molecular complexity index is 1350. The van der Waals surface area contributed by atoms with Crippen molar-refractivity contribution in [1.29, 1.82) is 0 Å². The second-order valence-corrected chi connectivity index (χ2v) is 12.7. The molecule has 0 spiro atoms. The van der Waals surface area contributed by atoms with Crippen LogP contribution in [0.1, 0.15) is 56.7 Å². The summed E-state index contributed by atoms with van der Waals surface area (Å²) in [5, 5.41) is 4.26. The number of amides is 2. The van der Waals surface area contributed by atoms with Crippen molar-refractivity contribution in [2.24, 2.45) is 5.92 Å². The van der Waals surface area contributed by atoms with Crippen LogP contribution in [0.15, 0.2) is 42.6 Å². The van der Waals surface area contributed by atoms with Gasteiger partial charge in [0, 0.05) is 31.3 Å². The van der Waals surface area contributed by atoms with Gasteiger partial charge in [-0.3, -0.25) is 4.79 Å². The lowest BCUT2D eigenvalue weighted by Gasteiger charge is -2.32. The van der Waals surface area contributed by atoms with Crippen LogP contribution in [0.5, 0.6) is 5.75 Å². The Morgan fingerprint density at radius 3 is 2.69 bits per heavy atom. The van der Waals surface area contributed by atoms with E-state index < -0.39 is 0 Å². The van der Waals surface area contributed by atoms with Crippen LogP contribution >= 0.6 is 33.9 Å². The molecule has 0 saturated carbocycles. The molecule has 1 atom stereocenters. The number of hydrogen-bond donors (Lipinski definition) is 1. The van der Waals surface area contributed by atoms with Gasteiger partial charge in [-0.2, -0.15) is 0 Å². The third-order valence-corrected chi connectivity index (χ3v) is 9.39. The number of benzene rings is 2. The second-order valence-electron chi connectivity index (χ2n) is 10.5. The molecule has 0 unspecified atom stereocenters. The number of hydrogen-bond acceptors (Lipinski definition) is 6. The van der Waals surface area contributed by atoms with E-state index >= 15 is 0 Å². The number of esters is 1. The van der Waals surface area contributed by atoms with E-state index in [9.17, 15) is 9.59 Å². The number of thiazole rings is 1. The Balaban J connectivity index is 1.26. The lowest BCUT2D eigenvalue weighted by atomic mass is 9.94. The molecular weight excluding hydrogens is 625 g/mol. The smallest absolute Gasteiger partial charge is 0.317 e. The number of likely N-dealkylation sites (tertiary alicyclic amines) is 1. The molecule has 1 aliphatic heterocycles. The van der Waals surface area contributed by atoms with Gasteiger partial charge in [0.05, 0.1) is 27.7 Å². The van der Waals surface area contributed by atoms with E-state index in [2.05, 4.69) is 58.2 Å². The SMILES string of the molecule is COC(=O)CC1CCN(C(=O)N[C@H]2CCc3c(-c4cnc(-c5ccc(OC(C)C)c(I)c5)s4)cccc32)CC1. The number of ether oxygens (including phenoxy) is 2.